The van der Waals surface area contributed by atoms with Crippen LogP contribution < -0.4 is 11.5 Å². The SMILES string of the molecule is CN(C)C1CN(C(=N)N)C1.CN(C)C1CN(C(N)=Nc2ncnc(Cl)c2Br)C1.Clc1ncnc(Cl)c1Br. The molecule has 2 aromatic heterocycles. The van der Waals surface area contributed by atoms with Crippen LogP contribution in [0.4, 0.5) is 5.82 Å². The van der Waals surface area contributed by atoms with Gasteiger partial charge in [0.1, 0.15) is 28.1 Å². The summed E-state index contributed by atoms with van der Waals surface area (Å²) >= 11 is 23.3. The molecule has 2 aliphatic heterocycles. The van der Waals surface area contributed by atoms with Gasteiger partial charge in [-0.05, 0) is 60.1 Å². The van der Waals surface area contributed by atoms with Crippen LogP contribution in [0.3, 0.4) is 0 Å². The van der Waals surface area contributed by atoms with Crippen LogP contribution in [0, 0.1) is 5.41 Å². The molecule has 0 saturated carbocycles. The van der Waals surface area contributed by atoms with Gasteiger partial charge in [0.05, 0.1) is 8.95 Å². The second-order valence-corrected chi connectivity index (χ2v) is 11.1. The molecule has 0 aromatic carbocycles. The van der Waals surface area contributed by atoms with E-state index in [9.17, 15) is 0 Å². The van der Waals surface area contributed by atoms with Gasteiger partial charge in [-0.15, -0.1) is 0 Å². The molecule has 17 heteroatoms. The lowest BCUT2D eigenvalue weighted by Gasteiger charge is -2.43. The monoisotopic (exact) mass is 700 g/mol. The zero-order valence-electron chi connectivity index (χ0n) is 20.7. The van der Waals surface area contributed by atoms with E-state index in [1.165, 1.54) is 12.7 Å². The molecule has 0 aliphatic carbocycles. The van der Waals surface area contributed by atoms with Crippen molar-refractivity contribution in [2.75, 3.05) is 54.4 Å². The van der Waals surface area contributed by atoms with Gasteiger partial charge < -0.3 is 31.1 Å². The number of halogens is 5. The summed E-state index contributed by atoms with van der Waals surface area (Å²) in [6, 6.07) is 1.11. The van der Waals surface area contributed by atoms with Gasteiger partial charge >= 0.3 is 0 Å². The Balaban J connectivity index is 0.000000214. The van der Waals surface area contributed by atoms with Gasteiger partial charge in [0.15, 0.2) is 17.7 Å². The average Bonchev–Trinajstić information content (AvgIpc) is 2.73. The molecule has 37 heavy (non-hydrogen) atoms. The van der Waals surface area contributed by atoms with Gasteiger partial charge in [0.25, 0.3) is 0 Å². The Labute approximate surface area is 248 Å². The number of likely N-dealkylation sites (tertiary alicyclic amines) is 2. The lowest BCUT2D eigenvalue weighted by molar-refractivity contribution is 0.122. The third-order valence-corrected chi connectivity index (χ3v) is 8.53. The Morgan fingerprint density at radius 2 is 1.24 bits per heavy atom. The molecule has 12 nitrogen and oxygen atoms in total. The first-order valence-corrected chi connectivity index (χ1v) is 13.5. The zero-order chi connectivity index (χ0) is 27.9. The first-order valence-electron chi connectivity index (χ1n) is 10.8. The van der Waals surface area contributed by atoms with Gasteiger partial charge in [-0.2, -0.15) is 4.99 Å². The highest BCUT2D eigenvalue weighted by Gasteiger charge is 2.30. The van der Waals surface area contributed by atoms with Crippen molar-refractivity contribution in [1.82, 2.24) is 39.5 Å². The first kappa shape index (κ1) is 31.7. The highest BCUT2D eigenvalue weighted by molar-refractivity contribution is 9.11. The largest absolute Gasteiger partial charge is 0.370 e. The van der Waals surface area contributed by atoms with E-state index in [2.05, 4.69) is 80.7 Å². The van der Waals surface area contributed by atoms with E-state index in [1.807, 2.05) is 23.9 Å². The number of aromatic nitrogens is 4. The number of hydrogen-bond donors (Lipinski definition) is 3. The van der Waals surface area contributed by atoms with Crippen molar-refractivity contribution in [3.63, 3.8) is 0 Å². The fraction of sp³-hybridized carbons (Fsp3) is 0.500. The van der Waals surface area contributed by atoms with Crippen LogP contribution in [-0.4, -0.2) is 118 Å². The summed E-state index contributed by atoms with van der Waals surface area (Å²) in [5, 5.41) is 8.05. The predicted octanol–water partition coefficient (Wildman–Crippen LogP) is 2.76. The number of rotatable bonds is 3. The first-order chi connectivity index (χ1) is 17.3. The molecule has 0 atom stereocenters. The standard InChI is InChI=1S/C10H14BrClN6.C6H14N4.C4HBrCl2N2/c1-17(2)6-3-18(4-6)10(13)16-9-7(11)8(12)14-5-15-9;1-9(2)5-3-10(4-5)6(7)8;5-2-3(6)8-1-9-4(2)7/h5-6H,3-4H2,1-2H3,(H2,13,14,15,16);5H,3-4H2,1-2H3,(H3,7,8);1H. The number of nitrogens with one attached hydrogen (secondary N) is 1. The van der Waals surface area contributed by atoms with Crippen molar-refractivity contribution < 1.29 is 0 Å². The van der Waals surface area contributed by atoms with Crippen LogP contribution in [0.25, 0.3) is 0 Å². The van der Waals surface area contributed by atoms with Crippen molar-refractivity contribution in [2.45, 2.75) is 12.1 Å². The number of likely N-dealkylation sites (N-methyl/N-ethyl adjacent to an activating group) is 2. The zero-order valence-corrected chi connectivity index (χ0v) is 26.1. The summed E-state index contributed by atoms with van der Waals surface area (Å²) in [5.41, 5.74) is 11.2. The van der Waals surface area contributed by atoms with Gasteiger partial charge in [-0.3, -0.25) is 5.41 Å². The van der Waals surface area contributed by atoms with E-state index in [0.29, 0.717) is 48.3 Å². The van der Waals surface area contributed by atoms with E-state index in [0.717, 1.165) is 26.2 Å². The molecule has 0 radical (unpaired) electrons. The Kier molecular flexibility index (Phi) is 12.5. The third-order valence-electron chi connectivity index (χ3n) is 5.50. The molecule has 5 N–H and O–H groups in total. The van der Waals surface area contributed by atoms with Crippen molar-refractivity contribution in [3.05, 3.63) is 37.1 Å². The molecule has 2 aliphatic rings. The topological polar surface area (TPSA) is 153 Å². The van der Waals surface area contributed by atoms with Crippen molar-refractivity contribution in [3.8, 4) is 0 Å². The highest BCUT2D eigenvalue weighted by atomic mass is 79.9. The maximum Gasteiger partial charge on any atom is 0.198 e. The average molecular weight is 704 g/mol. The maximum atomic E-state index is 7.07. The van der Waals surface area contributed by atoms with Gasteiger partial charge in [-0.1, -0.05) is 34.8 Å². The van der Waals surface area contributed by atoms with Gasteiger partial charge in [0, 0.05) is 38.3 Å². The molecule has 0 bridgehead atoms. The van der Waals surface area contributed by atoms with Crippen LogP contribution in [0.15, 0.2) is 26.6 Å². The molecular formula is C20H29Br2Cl3N12. The number of nitrogens with two attached hydrogens (primary N) is 2. The minimum absolute atomic E-state index is 0.193. The molecular weight excluding hydrogens is 674 g/mol. The fourth-order valence-corrected chi connectivity index (χ4v) is 3.81. The molecule has 4 rings (SSSR count). The second-order valence-electron chi connectivity index (χ2n) is 8.47. The Hall–Kier alpha value is -1.55. The molecule has 204 valence electrons. The number of aliphatic imine (C=N–C) groups is 1. The summed E-state index contributed by atoms with van der Waals surface area (Å²) in [6.45, 7) is 3.56. The maximum absolute atomic E-state index is 7.07. The van der Waals surface area contributed by atoms with E-state index in [1.54, 1.807) is 0 Å². The molecule has 2 fully saturated rings. The summed E-state index contributed by atoms with van der Waals surface area (Å²) < 4.78 is 1.09. The van der Waals surface area contributed by atoms with Gasteiger partial charge in [-0.25, -0.2) is 19.9 Å². The van der Waals surface area contributed by atoms with E-state index in [-0.39, 0.29) is 5.96 Å². The summed E-state index contributed by atoms with van der Waals surface area (Å²) in [7, 11) is 8.19. The summed E-state index contributed by atoms with van der Waals surface area (Å²) in [6.07, 6.45) is 2.66. The number of nitrogens with zero attached hydrogens (tertiary/aromatic N) is 9. The van der Waals surface area contributed by atoms with Crippen LogP contribution >= 0.6 is 66.7 Å². The minimum Gasteiger partial charge on any atom is -0.370 e. The van der Waals surface area contributed by atoms with Crippen LogP contribution in [-0.2, 0) is 0 Å². The quantitative estimate of drug-likeness (QED) is 0.247. The Morgan fingerprint density at radius 1 is 0.838 bits per heavy atom. The van der Waals surface area contributed by atoms with E-state index < -0.39 is 0 Å². The van der Waals surface area contributed by atoms with Crippen LogP contribution in [0.1, 0.15) is 0 Å². The lowest BCUT2D eigenvalue weighted by Crippen LogP contribution is -2.61. The number of hydrogen-bond acceptors (Lipinski definition) is 8. The van der Waals surface area contributed by atoms with E-state index in [4.69, 9.17) is 51.7 Å². The molecule has 0 spiro atoms. The minimum atomic E-state index is 0.193. The van der Waals surface area contributed by atoms with Crippen molar-refractivity contribution in [1.29, 1.82) is 5.41 Å². The summed E-state index contributed by atoms with van der Waals surface area (Å²) in [5.74, 6) is 1.09. The smallest absolute Gasteiger partial charge is 0.198 e. The Morgan fingerprint density at radius 3 is 1.65 bits per heavy atom. The third kappa shape index (κ3) is 9.30. The highest BCUT2D eigenvalue weighted by Crippen LogP contribution is 2.28. The number of guanidine groups is 2. The van der Waals surface area contributed by atoms with E-state index >= 15 is 0 Å². The predicted molar refractivity (Wildman–Crippen MR) is 156 cm³/mol. The molecule has 2 saturated heterocycles. The van der Waals surface area contributed by atoms with Crippen molar-refractivity contribution >= 4 is 84.4 Å². The Bertz CT molecular complexity index is 1070. The molecule has 4 heterocycles. The molecule has 2 aromatic rings. The van der Waals surface area contributed by atoms with Crippen LogP contribution in [0.5, 0.6) is 0 Å². The summed E-state index contributed by atoms with van der Waals surface area (Å²) in [4.78, 5) is 27.6. The molecule has 0 amide bonds. The van der Waals surface area contributed by atoms with Crippen LogP contribution in [0.2, 0.25) is 15.5 Å². The fourth-order valence-electron chi connectivity index (χ4n) is 2.87. The van der Waals surface area contributed by atoms with Crippen molar-refractivity contribution in [2.24, 2.45) is 16.5 Å². The second kappa shape index (κ2) is 14.6. The normalized spacial score (nSPS) is 15.9. The molecule has 0 unspecified atom stereocenters. The lowest BCUT2D eigenvalue weighted by atomic mass is 10.1. The van der Waals surface area contributed by atoms with Gasteiger partial charge in [0.2, 0.25) is 0 Å².